The van der Waals surface area contributed by atoms with E-state index in [1.54, 1.807) is 0 Å². The molecule has 0 saturated heterocycles. The first-order valence-corrected chi connectivity index (χ1v) is 15.0. The molecular weight excluding hydrogens is 480 g/mol. The molecule has 0 aliphatic carbocycles. The maximum atomic E-state index is 12.0. The van der Waals surface area contributed by atoms with Crippen molar-refractivity contribution in [3.8, 4) is 11.8 Å². The second kappa shape index (κ2) is 20.0. The number of carbonyl (C=O) groups is 1. The van der Waals surface area contributed by atoms with Crippen LogP contribution in [-0.4, -0.2) is 26.0 Å². The van der Waals surface area contributed by atoms with Crippen LogP contribution in [0.5, 0.6) is 0 Å². The molecule has 2 N–H and O–H groups in total. The molecule has 0 saturated carbocycles. The molecule has 0 aromatic heterocycles. The highest BCUT2D eigenvalue weighted by Gasteiger charge is 2.05. The zero-order valence-electron chi connectivity index (χ0n) is 24.8. The Morgan fingerprint density at radius 3 is 2.23 bits per heavy atom. The lowest BCUT2D eigenvalue weighted by molar-refractivity contribution is -0.120. The van der Waals surface area contributed by atoms with Gasteiger partial charge in [0.05, 0.1) is 17.9 Å². The summed E-state index contributed by atoms with van der Waals surface area (Å²) in [4.78, 5) is 12.0. The summed E-state index contributed by atoms with van der Waals surface area (Å²) in [6.45, 7) is 7.82. The van der Waals surface area contributed by atoms with Gasteiger partial charge in [-0.05, 0) is 87.0 Å². The predicted molar refractivity (Wildman–Crippen MR) is 165 cm³/mol. The van der Waals surface area contributed by atoms with E-state index in [0.29, 0.717) is 18.9 Å². The van der Waals surface area contributed by atoms with Gasteiger partial charge in [-0.1, -0.05) is 89.0 Å². The third-order valence-electron chi connectivity index (χ3n) is 6.77. The van der Waals surface area contributed by atoms with Crippen molar-refractivity contribution in [3.63, 3.8) is 0 Å². The number of nitrogens with zero attached hydrogens (tertiary/aromatic N) is 2. The Morgan fingerprint density at radius 2 is 1.54 bits per heavy atom. The summed E-state index contributed by atoms with van der Waals surface area (Å²) < 4.78 is 0. The molecule has 0 radical (unpaired) electrons. The summed E-state index contributed by atoms with van der Waals surface area (Å²) in [5.74, 6) is 6.43. The monoisotopic (exact) mass is 530 g/mol. The van der Waals surface area contributed by atoms with Gasteiger partial charge in [-0.3, -0.25) is 4.79 Å². The van der Waals surface area contributed by atoms with E-state index in [9.17, 15) is 4.79 Å². The molecule has 0 spiro atoms. The van der Waals surface area contributed by atoms with E-state index in [1.807, 2.05) is 33.0 Å². The molecule has 212 valence electrons. The van der Waals surface area contributed by atoms with Crippen LogP contribution in [0.3, 0.4) is 0 Å². The van der Waals surface area contributed by atoms with Gasteiger partial charge in [0.25, 0.3) is 0 Å². The molecule has 0 atom stereocenters. The van der Waals surface area contributed by atoms with Crippen LogP contribution >= 0.6 is 0 Å². The molecule has 0 unspecified atom stereocenters. The standard InChI is InChI=1S/C34H50N4O/c1-5-29-19-22-31(17-11-9-7-6-8-10-12-25-35-4)33(27-29)38-37-32-23-20-30(21-24-32)16-13-18-34(39)36-26-14-15-28(2)3/h19-24,27-28,35H,5-13,16-18,25-26H2,1-4H3,(H,36,39). The summed E-state index contributed by atoms with van der Waals surface area (Å²) >= 11 is 0. The van der Waals surface area contributed by atoms with Gasteiger partial charge >= 0.3 is 0 Å². The third-order valence-corrected chi connectivity index (χ3v) is 6.77. The third kappa shape index (κ3) is 14.7. The van der Waals surface area contributed by atoms with Crippen LogP contribution in [-0.2, 0) is 24.1 Å². The number of nitrogens with one attached hydrogen (secondary N) is 2. The molecule has 5 nitrogen and oxygen atoms in total. The van der Waals surface area contributed by atoms with Crippen LogP contribution in [0.1, 0.15) is 95.2 Å². The molecule has 0 bridgehead atoms. The van der Waals surface area contributed by atoms with Gasteiger partial charge in [-0.25, -0.2) is 0 Å². The zero-order valence-corrected chi connectivity index (χ0v) is 24.8. The molecule has 1 amide bonds. The first-order chi connectivity index (χ1) is 19.0. The Kier molecular flexibility index (Phi) is 16.5. The molecule has 0 heterocycles. The second-order valence-corrected chi connectivity index (χ2v) is 10.6. The number of azo groups is 1. The van der Waals surface area contributed by atoms with Crippen molar-refractivity contribution in [2.24, 2.45) is 16.1 Å². The summed E-state index contributed by atoms with van der Waals surface area (Å²) in [7, 11) is 2.02. The van der Waals surface area contributed by atoms with Crippen LogP contribution in [0, 0.1) is 17.8 Å². The van der Waals surface area contributed by atoms with E-state index >= 15 is 0 Å². The highest BCUT2D eigenvalue weighted by molar-refractivity contribution is 5.76. The van der Waals surface area contributed by atoms with E-state index in [-0.39, 0.29) is 5.91 Å². The first kappa shape index (κ1) is 32.2. The van der Waals surface area contributed by atoms with Gasteiger partial charge in [0.1, 0.15) is 0 Å². The number of hydrogen-bond acceptors (Lipinski definition) is 4. The number of aryl methyl sites for hydroxylation is 3. The van der Waals surface area contributed by atoms with E-state index in [0.717, 1.165) is 43.6 Å². The fourth-order valence-corrected chi connectivity index (χ4v) is 4.42. The Hall–Kier alpha value is -2.97. The van der Waals surface area contributed by atoms with Crippen molar-refractivity contribution in [3.05, 3.63) is 59.2 Å². The molecule has 5 heteroatoms. The highest BCUT2D eigenvalue weighted by atomic mass is 16.1. The summed E-state index contributed by atoms with van der Waals surface area (Å²) in [5, 5.41) is 15.3. The van der Waals surface area contributed by atoms with Crippen LogP contribution in [0.2, 0.25) is 0 Å². The number of rotatable bonds is 18. The normalized spacial score (nSPS) is 11.1. The number of benzene rings is 2. The quantitative estimate of drug-likeness (QED) is 0.116. The lowest BCUT2D eigenvalue weighted by Gasteiger charge is -2.08. The van der Waals surface area contributed by atoms with Gasteiger partial charge in [-0.15, -0.1) is 0 Å². The molecule has 0 aliphatic heterocycles. The molecule has 0 fully saturated rings. The van der Waals surface area contributed by atoms with Crippen molar-refractivity contribution in [2.75, 3.05) is 20.1 Å². The van der Waals surface area contributed by atoms with Gasteiger partial charge in [0.2, 0.25) is 5.91 Å². The van der Waals surface area contributed by atoms with Crippen LogP contribution in [0.25, 0.3) is 0 Å². The maximum Gasteiger partial charge on any atom is 0.220 e. The number of hydrogen-bond donors (Lipinski definition) is 2. The van der Waals surface area contributed by atoms with Crippen LogP contribution < -0.4 is 10.6 Å². The average Bonchev–Trinajstić information content (AvgIpc) is 2.94. The second-order valence-electron chi connectivity index (χ2n) is 10.6. The lowest BCUT2D eigenvalue weighted by Crippen LogP contribution is -2.23. The highest BCUT2D eigenvalue weighted by Crippen LogP contribution is 2.26. The van der Waals surface area contributed by atoms with E-state index in [2.05, 4.69) is 70.0 Å². The average molecular weight is 531 g/mol. The zero-order chi connectivity index (χ0) is 28.1. The largest absolute Gasteiger partial charge is 0.345 e. The predicted octanol–water partition coefficient (Wildman–Crippen LogP) is 8.26. The van der Waals surface area contributed by atoms with Crippen LogP contribution in [0.15, 0.2) is 52.7 Å². The Morgan fingerprint density at radius 1 is 0.846 bits per heavy atom. The van der Waals surface area contributed by atoms with Crippen molar-refractivity contribution in [1.82, 2.24) is 10.6 Å². The Balaban J connectivity index is 1.80. The van der Waals surface area contributed by atoms with Crippen molar-refractivity contribution < 1.29 is 4.79 Å². The smallest absolute Gasteiger partial charge is 0.220 e. The minimum absolute atomic E-state index is 0.0590. The SMILES string of the molecule is CCc1ccc(CCCCCCCCCNC)c(N=Nc2ccc(CCCC(=O)NCC#CC(C)C)cc2)c1. The first-order valence-electron chi connectivity index (χ1n) is 15.0. The maximum absolute atomic E-state index is 12.0. The number of unbranched alkanes of at least 4 members (excludes halogenated alkanes) is 6. The van der Waals surface area contributed by atoms with E-state index < -0.39 is 0 Å². The summed E-state index contributed by atoms with van der Waals surface area (Å²) in [6.07, 6.45) is 13.3. The van der Waals surface area contributed by atoms with Gasteiger partial charge in [-0.2, -0.15) is 10.2 Å². The lowest BCUT2D eigenvalue weighted by atomic mass is 10.0. The minimum Gasteiger partial charge on any atom is -0.345 e. The van der Waals surface area contributed by atoms with Gasteiger partial charge < -0.3 is 10.6 Å². The Bertz CT molecular complexity index is 1050. The van der Waals surface area contributed by atoms with E-state index in [1.165, 1.54) is 61.6 Å². The number of amides is 1. The fourth-order valence-electron chi connectivity index (χ4n) is 4.42. The topological polar surface area (TPSA) is 65.8 Å². The van der Waals surface area contributed by atoms with Crippen molar-refractivity contribution in [2.45, 2.75) is 97.8 Å². The molecule has 2 aromatic carbocycles. The molecule has 39 heavy (non-hydrogen) atoms. The summed E-state index contributed by atoms with van der Waals surface area (Å²) in [5.41, 5.74) is 5.63. The van der Waals surface area contributed by atoms with Crippen LogP contribution in [0.4, 0.5) is 11.4 Å². The molecule has 2 rings (SSSR count). The summed E-state index contributed by atoms with van der Waals surface area (Å²) in [6, 6.07) is 14.9. The van der Waals surface area contributed by atoms with Crippen molar-refractivity contribution >= 4 is 17.3 Å². The molecular formula is C34H50N4O. The molecule has 2 aromatic rings. The molecule has 0 aliphatic rings. The van der Waals surface area contributed by atoms with Gasteiger partial charge in [0.15, 0.2) is 0 Å². The number of carbonyl (C=O) groups excluding carboxylic acids is 1. The minimum atomic E-state index is 0.0590. The van der Waals surface area contributed by atoms with E-state index in [4.69, 9.17) is 0 Å². The Labute approximate surface area is 237 Å². The van der Waals surface area contributed by atoms with Gasteiger partial charge in [0, 0.05) is 12.3 Å². The fraction of sp³-hybridized carbons (Fsp3) is 0.559. The van der Waals surface area contributed by atoms with Crippen molar-refractivity contribution in [1.29, 1.82) is 0 Å².